The van der Waals surface area contributed by atoms with Crippen LogP contribution < -0.4 is 10.5 Å². The topological polar surface area (TPSA) is 65.2 Å². The van der Waals surface area contributed by atoms with Gasteiger partial charge in [-0.2, -0.15) is 0 Å². The van der Waals surface area contributed by atoms with Crippen molar-refractivity contribution in [1.82, 2.24) is 4.98 Å². The van der Waals surface area contributed by atoms with Crippen LogP contribution in [0.25, 0.3) is 0 Å². The van der Waals surface area contributed by atoms with Crippen molar-refractivity contribution in [2.75, 3.05) is 0 Å². The van der Waals surface area contributed by atoms with Gasteiger partial charge in [-0.15, -0.1) is 0 Å². The monoisotopic (exact) mass is 232 g/mol. The summed E-state index contributed by atoms with van der Waals surface area (Å²) in [7, 11) is 0. The van der Waals surface area contributed by atoms with Gasteiger partial charge in [-0.3, -0.25) is 4.79 Å². The van der Waals surface area contributed by atoms with Crippen molar-refractivity contribution in [3.63, 3.8) is 0 Å². The summed E-state index contributed by atoms with van der Waals surface area (Å²) in [6, 6.07) is 8.60. The van der Waals surface area contributed by atoms with E-state index in [1.807, 2.05) is 0 Å². The zero-order valence-corrected chi connectivity index (χ0v) is 8.76. The number of nitrogens with zero attached hydrogens (tertiary/aromatic N) is 1. The summed E-state index contributed by atoms with van der Waals surface area (Å²) in [5, 5.41) is 0. The first-order chi connectivity index (χ1) is 8.15. The molecular weight excluding hydrogens is 223 g/mol. The molecule has 17 heavy (non-hydrogen) atoms. The highest BCUT2D eigenvalue weighted by atomic mass is 19.1. The average molecular weight is 232 g/mol. The lowest BCUT2D eigenvalue weighted by Gasteiger charge is -2.05. The summed E-state index contributed by atoms with van der Waals surface area (Å²) in [4.78, 5) is 14.6. The number of hydrogen-bond donors (Lipinski definition) is 1. The molecule has 86 valence electrons. The minimum atomic E-state index is -0.599. The van der Waals surface area contributed by atoms with Gasteiger partial charge in [0.05, 0.1) is 6.20 Å². The number of hydrogen-bond acceptors (Lipinski definition) is 3. The molecule has 0 unspecified atom stereocenters. The number of carbonyl (C=O) groups excluding carboxylic acids is 1. The summed E-state index contributed by atoms with van der Waals surface area (Å²) in [6.07, 6.45) is 1.38. The van der Waals surface area contributed by atoms with Gasteiger partial charge in [0, 0.05) is 0 Å². The molecule has 0 spiro atoms. The third kappa shape index (κ3) is 2.78. The fraction of sp³-hybridized carbons (Fsp3) is 0. The molecule has 1 amide bonds. The van der Waals surface area contributed by atoms with Crippen molar-refractivity contribution in [2.45, 2.75) is 0 Å². The Morgan fingerprint density at radius 2 is 1.76 bits per heavy atom. The number of amides is 1. The fourth-order valence-corrected chi connectivity index (χ4v) is 1.23. The van der Waals surface area contributed by atoms with Crippen molar-refractivity contribution < 1.29 is 13.9 Å². The number of pyridine rings is 1. The molecule has 0 aliphatic rings. The predicted octanol–water partition coefficient (Wildman–Crippen LogP) is 2.11. The molecule has 4 nitrogen and oxygen atoms in total. The van der Waals surface area contributed by atoms with Crippen LogP contribution in [0.1, 0.15) is 10.5 Å². The summed E-state index contributed by atoms with van der Waals surface area (Å²) in [6.45, 7) is 0. The van der Waals surface area contributed by atoms with Gasteiger partial charge < -0.3 is 10.5 Å². The lowest BCUT2D eigenvalue weighted by Crippen LogP contribution is -2.12. The lowest BCUT2D eigenvalue weighted by molar-refractivity contribution is 0.0995. The third-order valence-corrected chi connectivity index (χ3v) is 2.04. The van der Waals surface area contributed by atoms with E-state index in [-0.39, 0.29) is 11.5 Å². The Kier molecular flexibility index (Phi) is 3.00. The lowest BCUT2D eigenvalue weighted by atomic mass is 10.3. The molecule has 0 saturated carbocycles. The van der Waals surface area contributed by atoms with Crippen LogP contribution >= 0.6 is 0 Å². The molecule has 0 atom stereocenters. The van der Waals surface area contributed by atoms with Gasteiger partial charge in [-0.25, -0.2) is 9.37 Å². The molecule has 2 aromatic rings. The normalized spacial score (nSPS) is 9.94. The Morgan fingerprint density at radius 3 is 2.29 bits per heavy atom. The number of benzene rings is 1. The second kappa shape index (κ2) is 4.61. The van der Waals surface area contributed by atoms with Crippen LogP contribution in [0.15, 0.2) is 42.6 Å². The Balaban J connectivity index is 2.13. The van der Waals surface area contributed by atoms with Gasteiger partial charge in [0.25, 0.3) is 5.91 Å². The van der Waals surface area contributed by atoms with E-state index in [0.717, 1.165) is 0 Å². The highest BCUT2D eigenvalue weighted by Crippen LogP contribution is 2.20. The highest BCUT2D eigenvalue weighted by molar-refractivity contribution is 5.90. The minimum absolute atomic E-state index is 0.163. The van der Waals surface area contributed by atoms with E-state index in [9.17, 15) is 9.18 Å². The molecule has 1 aromatic heterocycles. The molecule has 0 radical (unpaired) electrons. The molecule has 2 N–H and O–H groups in total. The zero-order valence-electron chi connectivity index (χ0n) is 8.76. The standard InChI is InChI=1S/C12H9FN2O2/c13-8-1-3-9(4-2-8)17-10-5-6-11(12(14)16)15-7-10/h1-7H,(H2,14,16). The number of primary amides is 1. The maximum atomic E-state index is 12.6. The molecule has 2 rings (SSSR count). The number of halogens is 1. The van der Waals surface area contributed by atoms with Crippen LogP contribution in [-0.4, -0.2) is 10.9 Å². The molecule has 1 heterocycles. The Hall–Kier alpha value is -2.43. The van der Waals surface area contributed by atoms with Crippen LogP contribution in [-0.2, 0) is 0 Å². The zero-order chi connectivity index (χ0) is 12.3. The fourth-order valence-electron chi connectivity index (χ4n) is 1.23. The van der Waals surface area contributed by atoms with Crippen molar-refractivity contribution in [3.05, 3.63) is 54.1 Å². The highest BCUT2D eigenvalue weighted by Gasteiger charge is 2.02. The number of nitrogens with two attached hydrogens (primary N) is 1. The predicted molar refractivity (Wildman–Crippen MR) is 59.2 cm³/mol. The first kappa shape index (κ1) is 11.1. The molecule has 1 aromatic carbocycles. The molecule has 5 heteroatoms. The molecular formula is C12H9FN2O2. The van der Waals surface area contributed by atoms with Crippen LogP contribution in [0.4, 0.5) is 4.39 Å². The van der Waals surface area contributed by atoms with E-state index in [1.54, 1.807) is 6.07 Å². The largest absolute Gasteiger partial charge is 0.456 e. The first-order valence-corrected chi connectivity index (χ1v) is 4.84. The number of rotatable bonds is 3. The van der Waals surface area contributed by atoms with Crippen LogP contribution in [0.3, 0.4) is 0 Å². The maximum Gasteiger partial charge on any atom is 0.267 e. The van der Waals surface area contributed by atoms with E-state index < -0.39 is 5.91 Å². The van der Waals surface area contributed by atoms with E-state index in [2.05, 4.69) is 4.98 Å². The van der Waals surface area contributed by atoms with Gasteiger partial charge in [-0.05, 0) is 36.4 Å². The number of ether oxygens (including phenoxy) is 1. The van der Waals surface area contributed by atoms with Crippen molar-refractivity contribution in [3.8, 4) is 11.5 Å². The molecule has 0 fully saturated rings. The molecule has 0 aliphatic heterocycles. The summed E-state index contributed by atoms with van der Waals surface area (Å²) in [5.74, 6) is -0.000447. The van der Waals surface area contributed by atoms with Gasteiger partial charge in [0.15, 0.2) is 0 Å². The van der Waals surface area contributed by atoms with E-state index in [4.69, 9.17) is 10.5 Å². The van der Waals surface area contributed by atoms with E-state index in [0.29, 0.717) is 11.5 Å². The second-order valence-electron chi connectivity index (χ2n) is 3.30. The summed E-state index contributed by atoms with van der Waals surface area (Å²) in [5.41, 5.74) is 5.21. The summed E-state index contributed by atoms with van der Waals surface area (Å²) >= 11 is 0. The van der Waals surface area contributed by atoms with Crippen LogP contribution in [0.5, 0.6) is 11.5 Å². The van der Waals surface area contributed by atoms with Gasteiger partial charge in [-0.1, -0.05) is 0 Å². The molecule has 0 bridgehead atoms. The number of aromatic nitrogens is 1. The summed E-state index contributed by atoms with van der Waals surface area (Å²) < 4.78 is 18.0. The molecule has 0 aliphatic carbocycles. The first-order valence-electron chi connectivity index (χ1n) is 4.84. The smallest absolute Gasteiger partial charge is 0.267 e. The van der Waals surface area contributed by atoms with Crippen LogP contribution in [0.2, 0.25) is 0 Å². The maximum absolute atomic E-state index is 12.6. The van der Waals surface area contributed by atoms with Gasteiger partial charge in [0.2, 0.25) is 0 Å². The molecule has 0 saturated heterocycles. The van der Waals surface area contributed by atoms with Gasteiger partial charge in [0.1, 0.15) is 23.0 Å². The van der Waals surface area contributed by atoms with Crippen molar-refractivity contribution in [1.29, 1.82) is 0 Å². The SMILES string of the molecule is NC(=O)c1ccc(Oc2ccc(F)cc2)cn1. The van der Waals surface area contributed by atoms with Crippen LogP contribution in [0, 0.1) is 5.82 Å². The van der Waals surface area contributed by atoms with E-state index in [1.165, 1.54) is 36.5 Å². The number of carbonyl (C=O) groups is 1. The van der Waals surface area contributed by atoms with Crippen molar-refractivity contribution >= 4 is 5.91 Å². The Morgan fingerprint density at radius 1 is 1.12 bits per heavy atom. The minimum Gasteiger partial charge on any atom is -0.456 e. The third-order valence-electron chi connectivity index (χ3n) is 2.04. The average Bonchev–Trinajstić information content (AvgIpc) is 2.33. The van der Waals surface area contributed by atoms with E-state index >= 15 is 0 Å². The Labute approximate surface area is 96.9 Å². The van der Waals surface area contributed by atoms with Gasteiger partial charge >= 0.3 is 0 Å². The quantitative estimate of drug-likeness (QED) is 0.881. The Bertz CT molecular complexity index is 523. The van der Waals surface area contributed by atoms with Crippen molar-refractivity contribution in [2.24, 2.45) is 5.73 Å². The second-order valence-corrected chi connectivity index (χ2v) is 3.30.